The van der Waals surface area contributed by atoms with Gasteiger partial charge in [0.2, 0.25) is 5.91 Å². The molecule has 1 aliphatic rings. The molecule has 0 radical (unpaired) electrons. The number of H-pyrrole nitrogens is 1. The minimum Gasteiger partial charge on any atom is -0.355 e. The van der Waals surface area contributed by atoms with E-state index in [2.05, 4.69) is 34.4 Å². The van der Waals surface area contributed by atoms with Crippen molar-refractivity contribution >= 4 is 5.91 Å². The highest BCUT2D eigenvalue weighted by Crippen LogP contribution is 2.34. The van der Waals surface area contributed by atoms with Crippen LogP contribution < -0.4 is 10.6 Å². The van der Waals surface area contributed by atoms with Gasteiger partial charge in [-0.05, 0) is 18.9 Å². The molecule has 3 N–H and O–H groups in total. The number of aromatic amines is 1. The Hall–Kier alpha value is -1.36. The number of carbonyl (C=O) groups excluding carboxylic acids is 1. The van der Waals surface area contributed by atoms with Crippen LogP contribution in [0.15, 0.2) is 12.5 Å². The maximum absolute atomic E-state index is 12.4. The molecule has 1 unspecified atom stereocenters. The fraction of sp³-hybridized carbons (Fsp3) is 0.692. The van der Waals surface area contributed by atoms with Crippen molar-refractivity contribution in [3.63, 3.8) is 0 Å². The summed E-state index contributed by atoms with van der Waals surface area (Å²) in [7, 11) is 0. The number of amides is 1. The molecule has 0 bridgehead atoms. The molecular weight excluding hydrogens is 228 g/mol. The largest absolute Gasteiger partial charge is 0.355 e. The molecule has 1 saturated heterocycles. The van der Waals surface area contributed by atoms with Gasteiger partial charge in [-0.15, -0.1) is 0 Å². The Morgan fingerprint density at radius 3 is 3.00 bits per heavy atom. The molecule has 0 aliphatic carbocycles. The first kappa shape index (κ1) is 13.1. The van der Waals surface area contributed by atoms with Crippen LogP contribution in [0.1, 0.15) is 26.0 Å². The number of imidazole rings is 1. The second-order valence-corrected chi connectivity index (χ2v) is 5.32. The third kappa shape index (κ3) is 2.56. The Kier molecular flexibility index (Phi) is 4.01. The molecule has 100 valence electrons. The third-order valence-electron chi connectivity index (χ3n) is 3.98. The molecule has 1 fully saturated rings. The predicted molar refractivity (Wildman–Crippen MR) is 70.1 cm³/mol. The van der Waals surface area contributed by atoms with E-state index in [1.54, 1.807) is 12.5 Å². The summed E-state index contributed by atoms with van der Waals surface area (Å²) in [6, 6.07) is 0. The van der Waals surface area contributed by atoms with Crippen molar-refractivity contribution in [1.82, 2.24) is 20.6 Å². The fourth-order valence-corrected chi connectivity index (χ4v) is 2.57. The Labute approximate surface area is 108 Å². The van der Waals surface area contributed by atoms with Crippen molar-refractivity contribution in [1.29, 1.82) is 0 Å². The van der Waals surface area contributed by atoms with E-state index in [4.69, 9.17) is 0 Å². The normalized spacial score (nSPS) is 23.5. The maximum Gasteiger partial charge on any atom is 0.227 e. The summed E-state index contributed by atoms with van der Waals surface area (Å²) in [5.41, 5.74) is 0.826. The van der Waals surface area contributed by atoms with Crippen LogP contribution in [0.3, 0.4) is 0 Å². The van der Waals surface area contributed by atoms with Crippen LogP contribution in [0, 0.1) is 11.3 Å². The molecule has 0 spiro atoms. The van der Waals surface area contributed by atoms with Gasteiger partial charge in [-0.3, -0.25) is 4.79 Å². The van der Waals surface area contributed by atoms with E-state index >= 15 is 0 Å². The van der Waals surface area contributed by atoms with E-state index in [1.807, 2.05) is 0 Å². The number of hydrogen-bond donors (Lipinski definition) is 3. The van der Waals surface area contributed by atoms with Crippen LogP contribution in [0.25, 0.3) is 0 Å². The standard InChI is InChI=1S/C13H22N4O/c1-10(2)13(4-6-14-8-13)12(18)16-5-3-11-7-15-9-17-11/h7,9-10,14H,3-6,8H2,1-2H3,(H,15,17)(H,16,18). The zero-order valence-corrected chi connectivity index (χ0v) is 11.1. The topological polar surface area (TPSA) is 69.8 Å². The summed E-state index contributed by atoms with van der Waals surface area (Å²) in [4.78, 5) is 19.4. The number of nitrogens with one attached hydrogen (secondary N) is 3. The molecule has 18 heavy (non-hydrogen) atoms. The number of aromatic nitrogens is 2. The second kappa shape index (κ2) is 5.52. The van der Waals surface area contributed by atoms with Crippen molar-refractivity contribution in [2.75, 3.05) is 19.6 Å². The highest BCUT2D eigenvalue weighted by molar-refractivity contribution is 5.83. The summed E-state index contributed by atoms with van der Waals surface area (Å²) >= 11 is 0. The minimum atomic E-state index is -0.228. The van der Waals surface area contributed by atoms with Gasteiger partial charge in [0.05, 0.1) is 11.7 Å². The highest BCUT2D eigenvalue weighted by Gasteiger charge is 2.43. The van der Waals surface area contributed by atoms with Gasteiger partial charge in [-0.25, -0.2) is 4.98 Å². The molecule has 0 aromatic carbocycles. The Bertz CT molecular complexity index is 380. The average Bonchev–Trinajstić information content (AvgIpc) is 3.00. The lowest BCUT2D eigenvalue weighted by molar-refractivity contribution is -0.132. The third-order valence-corrected chi connectivity index (χ3v) is 3.98. The molecule has 2 heterocycles. The molecule has 0 saturated carbocycles. The number of nitrogens with zero attached hydrogens (tertiary/aromatic N) is 1. The van der Waals surface area contributed by atoms with Crippen LogP contribution in [0.5, 0.6) is 0 Å². The van der Waals surface area contributed by atoms with Crippen LogP contribution in [-0.2, 0) is 11.2 Å². The molecule has 1 aromatic rings. The first-order valence-corrected chi connectivity index (χ1v) is 6.61. The van der Waals surface area contributed by atoms with Crippen LogP contribution in [0.4, 0.5) is 0 Å². The average molecular weight is 250 g/mol. The minimum absolute atomic E-state index is 0.182. The van der Waals surface area contributed by atoms with Gasteiger partial charge < -0.3 is 15.6 Å². The molecule has 1 aliphatic heterocycles. The monoisotopic (exact) mass is 250 g/mol. The smallest absolute Gasteiger partial charge is 0.227 e. The number of carbonyl (C=O) groups is 1. The summed E-state index contributed by atoms with van der Waals surface area (Å²) in [5.74, 6) is 0.543. The van der Waals surface area contributed by atoms with E-state index in [9.17, 15) is 4.79 Å². The quantitative estimate of drug-likeness (QED) is 0.720. The SMILES string of the molecule is CC(C)C1(C(=O)NCCc2cnc[nH]2)CCNC1. The molecule has 1 atom stereocenters. The second-order valence-electron chi connectivity index (χ2n) is 5.32. The fourth-order valence-electron chi connectivity index (χ4n) is 2.57. The lowest BCUT2D eigenvalue weighted by atomic mass is 9.75. The molecule has 5 nitrogen and oxygen atoms in total. The van der Waals surface area contributed by atoms with Gasteiger partial charge in [0, 0.05) is 31.4 Å². The van der Waals surface area contributed by atoms with Crippen molar-refractivity contribution in [2.24, 2.45) is 11.3 Å². The first-order chi connectivity index (χ1) is 8.65. The van der Waals surface area contributed by atoms with Crippen LogP contribution in [-0.4, -0.2) is 35.5 Å². The molecular formula is C13H22N4O. The number of rotatable bonds is 5. The highest BCUT2D eigenvalue weighted by atomic mass is 16.2. The lowest BCUT2D eigenvalue weighted by Crippen LogP contribution is -2.46. The van der Waals surface area contributed by atoms with Crippen molar-refractivity contribution in [2.45, 2.75) is 26.7 Å². The van der Waals surface area contributed by atoms with Crippen molar-refractivity contribution < 1.29 is 4.79 Å². The van der Waals surface area contributed by atoms with E-state index in [0.29, 0.717) is 12.5 Å². The zero-order valence-electron chi connectivity index (χ0n) is 11.1. The van der Waals surface area contributed by atoms with E-state index < -0.39 is 0 Å². The Morgan fingerprint density at radius 1 is 1.61 bits per heavy atom. The summed E-state index contributed by atoms with van der Waals surface area (Å²) in [6.45, 7) is 6.64. The summed E-state index contributed by atoms with van der Waals surface area (Å²) < 4.78 is 0. The Balaban J connectivity index is 1.86. The molecule has 1 amide bonds. The van der Waals surface area contributed by atoms with Gasteiger partial charge >= 0.3 is 0 Å². The van der Waals surface area contributed by atoms with Crippen LogP contribution in [0.2, 0.25) is 0 Å². The van der Waals surface area contributed by atoms with E-state index in [-0.39, 0.29) is 11.3 Å². The van der Waals surface area contributed by atoms with Gasteiger partial charge in [0.15, 0.2) is 0 Å². The number of hydrogen-bond acceptors (Lipinski definition) is 3. The van der Waals surface area contributed by atoms with Crippen molar-refractivity contribution in [3.8, 4) is 0 Å². The van der Waals surface area contributed by atoms with Gasteiger partial charge in [0.1, 0.15) is 0 Å². The molecule has 2 rings (SSSR count). The van der Waals surface area contributed by atoms with E-state index in [0.717, 1.165) is 31.6 Å². The maximum atomic E-state index is 12.4. The van der Waals surface area contributed by atoms with Gasteiger partial charge in [-0.2, -0.15) is 0 Å². The Morgan fingerprint density at radius 2 is 2.44 bits per heavy atom. The molecule has 1 aromatic heterocycles. The van der Waals surface area contributed by atoms with Crippen LogP contribution >= 0.6 is 0 Å². The van der Waals surface area contributed by atoms with Gasteiger partial charge in [0.25, 0.3) is 0 Å². The van der Waals surface area contributed by atoms with Gasteiger partial charge in [-0.1, -0.05) is 13.8 Å². The predicted octanol–water partition coefficient (Wildman–Crippen LogP) is 0.704. The zero-order chi connectivity index (χ0) is 13.0. The van der Waals surface area contributed by atoms with Crippen molar-refractivity contribution in [3.05, 3.63) is 18.2 Å². The molecule has 5 heteroatoms. The van der Waals surface area contributed by atoms with E-state index in [1.165, 1.54) is 0 Å². The summed E-state index contributed by atoms with van der Waals surface area (Å²) in [5, 5.41) is 6.36. The lowest BCUT2D eigenvalue weighted by Gasteiger charge is -2.31. The summed E-state index contributed by atoms with van der Waals surface area (Å²) in [6.07, 6.45) is 5.18. The first-order valence-electron chi connectivity index (χ1n) is 6.61.